The van der Waals surface area contributed by atoms with E-state index in [0.717, 1.165) is 72.1 Å². The minimum atomic E-state index is -0.181. The molecule has 220 valence electrons. The zero-order valence-electron chi connectivity index (χ0n) is 24.4. The first kappa shape index (κ1) is 29.2. The van der Waals surface area contributed by atoms with Crippen LogP contribution in [0.3, 0.4) is 0 Å². The van der Waals surface area contributed by atoms with Crippen molar-refractivity contribution in [1.29, 1.82) is 0 Å². The lowest BCUT2D eigenvalue weighted by atomic mass is 10.0. The number of piperidine rings is 1. The molecule has 4 N–H and O–H groups in total. The molecule has 1 fully saturated rings. The highest BCUT2D eigenvalue weighted by atomic mass is 16.5. The third kappa shape index (κ3) is 7.51. The number of allylic oxidation sites excluding steroid dienone is 2. The third-order valence-corrected chi connectivity index (χ3v) is 7.65. The highest BCUT2D eigenvalue weighted by Crippen LogP contribution is 2.30. The number of esters is 1. The molecule has 1 atom stereocenters. The molecule has 1 saturated heterocycles. The number of nitrogens with zero attached hydrogens (tertiary/aromatic N) is 5. The van der Waals surface area contributed by atoms with Crippen LogP contribution < -0.4 is 11.1 Å². The van der Waals surface area contributed by atoms with Crippen molar-refractivity contribution in [1.82, 2.24) is 30.2 Å². The van der Waals surface area contributed by atoms with Crippen LogP contribution in [0.1, 0.15) is 49.0 Å². The molecule has 1 unspecified atom stereocenters. The van der Waals surface area contributed by atoms with Crippen molar-refractivity contribution in [3.63, 3.8) is 0 Å². The van der Waals surface area contributed by atoms with E-state index in [9.17, 15) is 4.79 Å². The number of aromatic nitrogens is 3. The van der Waals surface area contributed by atoms with Gasteiger partial charge < -0.3 is 20.8 Å². The second-order valence-electron chi connectivity index (χ2n) is 10.7. The number of imidazole rings is 1. The lowest BCUT2D eigenvalue weighted by Crippen LogP contribution is -2.44. The molecule has 2 aliphatic heterocycles. The largest absolute Gasteiger partial charge is 0.460 e. The predicted octanol–water partition coefficient (Wildman–Crippen LogP) is 3.97. The summed E-state index contributed by atoms with van der Waals surface area (Å²) in [6, 6.07) is 16.2. The average molecular weight is 569 g/mol. The number of ether oxygens (including phenoxy) is 1. The average Bonchev–Trinajstić information content (AvgIpc) is 3.45. The molecule has 1 aromatic carbocycles. The SMILES string of the molecule is CCC1C=C(c2[nH]c(CNC3CCN(CC(=O)OCc4ccccc4)CC3)nc2-c2cccc(C)n2)C=CN1/N=C\N. The number of carbonyl (C=O) groups is 1. The quantitative estimate of drug-likeness (QED) is 0.180. The number of carbonyl (C=O) groups excluding carboxylic acids is 1. The maximum Gasteiger partial charge on any atom is 0.320 e. The first-order valence-electron chi connectivity index (χ1n) is 14.6. The van der Waals surface area contributed by atoms with E-state index in [2.05, 4.69) is 33.3 Å². The van der Waals surface area contributed by atoms with Gasteiger partial charge in [0.1, 0.15) is 24.5 Å². The van der Waals surface area contributed by atoms with Crippen LogP contribution in [-0.2, 0) is 22.7 Å². The van der Waals surface area contributed by atoms with Gasteiger partial charge in [-0.1, -0.05) is 49.4 Å². The van der Waals surface area contributed by atoms with Crippen LogP contribution in [0.25, 0.3) is 17.0 Å². The van der Waals surface area contributed by atoms with Crippen molar-refractivity contribution in [2.45, 2.75) is 58.3 Å². The van der Waals surface area contributed by atoms with Gasteiger partial charge in [-0.05, 0) is 55.5 Å². The van der Waals surface area contributed by atoms with Crippen molar-refractivity contribution < 1.29 is 9.53 Å². The number of hydrazone groups is 1. The molecule has 4 heterocycles. The molecule has 0 saturated carbocycles. The van der Waals surface area contributed by atoms with Gasteiger partial charge in [0.2, 0.25) is 0 Å². The Bertz CT molecular complexity index is 1420. The van der Waals surface area contributed by atoms with Gasteiger partial charge in [0.25, 0.3) is 0 Å². The van der Waals surface area contributed by atoms with E-state index >= 15 is 0 Å². The molecular formula is C32H40N8O2. The van der Waals surface area contributed by atoms with Gasteiger partial charge in [-0.25, -0.2) is 4.98 Å². The van der Waals surface area contributed by atoms with Gasteiger partial charge in [-0.15, -0.1) is 0 Å². The number of hydrogen-bond acceptors (Lipinski definition) is 8. The fraction of sp³-hybridized carbons (Fsp3) is 0.375. The Morgan fingerprint density at radius 1 is 1.17 bits per heavy atom. The van der Waals surface area contributed by atoms with Crippen LogP contribution in [0.2, 0.25) is 0 Å². The topological polar surface area (TPSA) is 125 Å². The molecule has 5 rings (SSSR count). The van der Waals surface area contributed by atoms with Gasteiger partial charge in [-0.3, -0.25) is 19.7 Å². The summed E-state index contributed by atoms with van der Waals surface area (Å²) in [5.41, 5.74) is 11.2. The molecule has 0 radical (unpaired) electrons. The zero-order chi connectivity index (χ0) is 29.3. The highest BCUT2D eigenvalue weighted by molar-refractivity contribution is 5.82. The van der Waals surface area contributed by atoms with Crippen LogP contribution in [-0.4, -0.2) is 68.9 Å². The second-order valence-corrected chi connectivity index (χ2v) is 10.7. The standard InChI is InChI=1S/C32H40N8O2/c1-3-27-18-25(12-17-40(27)35-22-33)31-32(28-11-7-8-23(2)36-28)38-29(37-31)19-34-26-13-15-39(16-14-26)20-30(41)42-21-24-9-5-4-6-10-24/h4-12,17-18,22,26-27,34H,3,13-16,19-21H2,1-2H3,(H2,33,35)(H,37,38). The van der Waals surface area contributed by atoms with E-state index < -0.39 is 0 Å². The Hall–Kier alpha value is -4.28. The van der Waals surface area contributed by atoms with Crippen molar-refractivity contribution in [3.05, 3.63) is 89.7 Å². The summed E-state index contributed by atoms with van der Waals surface area (Å²) in [4.78, 5) is 27.9. The second kappa shape index (κ2) is 14.1. The smallest absolute Gasteiger partial charge is 0.320 e. The molecule has 0 spiro atoms. The monoisotopic (exact) mass is 568 g/mol. The zero-order valence-corrected chi connectivity index (χ0v) is 24.4. The Morgan fingerprint density at radius 3 is 2.71 bits per heavy atom. The summed E-state index contributed by atoms with van der Waals surface area (Å²) in [6.07, 6.45) is 10.3. The number of nitrogens with one attached hydrogen (secondary N) is 2. The van der Waals surface area contributed by atoms with Gasteiger partial charge in [-0.2, -0.15) is 5.10 Å². The number of H-pyrrole nitrogens is 1. The first-order valence-corrected chi connectivity index (χ1v) is 14.6. The number of aromatic amines is 1. The number of benzene rings is 1. The van der Waals surface area contributed by atoms with Gasteiger partial charge in [0.05, 0.1) is 30.5 Å². The van der Waals surface area contributed by atoms with Crippen molar-refractivity contribution in [3.8, 4) is 11.4 Å². The fourth-order valence-corrected chi connectivity index (χ4v) is 5.36. The number of rotatable bonds is 11. The van der Waals surface area contributed by atoms with E-state index in [-0.39, 0.29) is 12.0 Å². The Labute approximate surface area is 247 Å². The summed E-state index contributed by atoms with van der Waals surface area (Å²) >= 11 is 0. The molecule has 10 nitrogen and oxygen atoms in total. The normalized spacial score (nSPS) is 18.0. The predicted molar refractivity (Wildman–Crippen MR) is 165 cm³/mol. The van der Waals surface area contributed by atoms with E-state index in [1.54, 1.807) is 0 Å². The number of hydrogen-bond donors (Lipinski definition) is 3. The van der Waals surface area contributed by atoms with E-state index in [1.807, 2.05) is 72.7 Å². The molecule has 2 aliphatic rings. The Balaban J connectivity index is 1.20. The lowest BCUT2D eigenvalue weighted by molar-refractivity contribution is -0.146. The summed E-state index contributed by atoms with van der Waals surface area (Å²) < 4.78 is 5.46. The Morgan fingerprint density at radius 2 is 1.98 bits per heavy atom. The van der Waals surface area contributed by atoms with Gasteiger partial charge in [0, 0.05) is 31.0 Å². The van der Waals surface area contributed by atoms with Crippen LogP contribution >= 0.6 is 0 Å². The van der Waals surface area contributed by atoms with E-state index in [1.165, 1.54) is 6.34 Å². The maximum absolute atomic E-state index is 12.3. The fourth-order valence-electron chi connectivity index (χ4n) is 5.36. The number of likely N-dealkylation sites (tertiary alicyclic amines) is 1. The number of nitrogens with two attached hydrogens (primary N) is 1. The molecular weight excluding hydrogens is 528 g/mol. The summed E-state index contributed by atoms with van der Waals surface area (Å²) in [5, 5.41) is 9.80. The summed E-state index contributed by atoms with van der Waals surface area (Å²) in [5.74, 6) is 0.681. The maximum atomic E-state index is 12.3. The molecule has 0 bridgehead atoms. The molecule has 2 aromatic heterocycles. The van der Waals surface area contributed by atoms with Crippen molar-refractivity contribution in [2.75, 3.05) is 19.6 Å². The van der Waals surface area contributed by atoms with E-state index in [4.69, 9.17) is 20.4 Å². The van der Waals surface area contributed by atoms with Crippen LogP contribution in [0, 0.1) is 6.92 Å². The minimum Gasteiger partial charge on any atom is -0.460 e. The van der Waals surface area contributed by atoms with Crippen LogP contribution in [0.5, 0.6) is 0 Å². The van der Waals surface area contributed by atoms with Crippen molar-refractivity contribution in [2.24, 2.45) is 10.8 Å². The van der Waals surface area contributed by atoms with Crippen LogP contribution in [0.4, 0.5) is 0 Å². The summed E-state index contributed by atoms with van der Waals surface area (Å²) in [6.45, 7) is 7.05. The molecule has 10 heteroatoms. The molecule has 3 aromatic rings. The van der Waals surface area contributed by atoms with Crippen molar-refractivity contribution >= 4 is 17.9 Å². The van der Waals surface area contributed by atoms with Gasteiger partial charge in [0.15, 0.2) is 0 Å². The highest BCUT2D eigenvalue weighted by Gasteiger charge is 2.24. The molecule has 0 aliphatic carbocycles. The minimum absolute atomic E-state index is 0.0915. The molecule has 0 amide bonds. The van der Waals surface area contributed by atoms with E-state index in [0.29, 0.717) is 25.7 Å². The number of aryl methyl sites for hydroxylation is 1. The van der Waals surface area contributed by atoms with Crippen LogP contribution in [0.15, 0.2) is 72.0 Å². The lowest BCUT2D eigenvalue weighted by Gasteiger charge is -2.31. The number of pyridine rings is 1. The van der Waals surface area contributed by atoms with Gasteiger partial charge >= 0.3 is 5.97 Å². The third-order valence-electron chi connectivity index (χ3n) is 7.65. The Kier molecular flexibility index (Phi) is 9.78. The first-order chi connectivity index (χ1) is 20.5. The molecule has 42 heavy (non-hydrogen) atoms. The summed E-state index contributed by atoms with van der Waals surface area (Å²) in [7, 11) is 0.